The third-order valence-corrected chi connectivity index (χ3v) is 5.59. The Hall–Kier alpha value is -2.45. The maximum absolute atomic E-state index is 12.1. The van der Waals surface area contributed by atoms with Gasteiger partial charge in [0.1, 0.15) is 0 Å². The van der Waals surface area contributed by atoms with E-state index in [2.05, 4.69) is 27.2 Å². The van der Waals surface area contributed by atoms with Crippen molar-refractivity contribution in [1.82, 2.24) is 15.1 Å². The van der Waals surface area contributed by atoms with Crippen LogP contribution in [0.15, 0.2) is 30.3 Å². The molecule has 1 aromatic rings. The Kier molecular flexibility index (Phi) is 10.3. The van der Waals surface area contributed by atoms with E-state index in [0.29, 0.717) is 6.54 Å². The van der Waals surface area contributed by atoms with Crippen LogP contribution in [0.1, 0.15) is 37.7 Å². The van der Waals surface area contributed by atoms with E-state index in [4.69, 9.17) is 19.8 Å². The number of hydrogen-bond acceptors (Lipinski definition) is 5. The number of nitrogens with one attached hydrogen (secondary N) is 1. The summed E-state index contributed by atoms with van der Waals surface area (Å²) in [6.07, 6.45) is 7.48. The number of carbonyl (C=O) groups excluding carboxylic acids is 1. The van der Waals surface area contributed by atoms with Gasteiger partial charge in [-0.05, 0) is 50.8 Å². The molecule has 0 saturated carbocycles. The normalized spacial score (nSPS) is 18.1. The SMILES string of the molecule is O=C(CN1CCC(N2CCCCC2)CC1)NCCc1ccccc1.O=C(O)C(=O)O. The van der Waals surface area contributed by atoms with Gasteiger partial charge in [-0.2, -0.15) is 0 Å². The van der Waals surface area contributed by atoms with Crippen molar-refractivity contribution in [1.29, 1.82) is 0 Å². The van der Waals surface area contributed by atoms with E-state index in [9.17, 15) is 4.79 Å². The van der Waals surface area contributed by atoms with Crippen molar-refractivity contribution < 1.29 is 24.6 Å². The first kappa shape index (κ1) is 23.8. The van der Waals surface area contributed by atoms with Crippen LogP contribution in [0.5, 0.6) is 0 Å². The molecule has 0 atom stereocenters. The lowest BCUT2D eigenvalue weighted by Gasteiger charge is -2.40. The second kappa shape index (κ2) is 13.0. The Morgan fingerprint density at radius 1 is 0.900 bits per heavy atom. The molecule has 3 N–H and O–H groups in total. The summed E-state index contributed by atoms with van der Waals surface area (Å²) in [4.78, 5) is 35.3. The van der Waals surface area contributed by atoms with Gasteiger partial charge in [-0.15, -0.1) is 0 Å². The minimum absolute atomic E-state index is 0.169. The highest BCUT2D eigenvalue weighted by atomic mass is 16.4. The summed E-state index contributed by atoms with van der Waals surface area (Å²) >= 11 is 0. The number of carboxylic acid groups (broad SMARTS) is 2. The predicted molar refractivity (Wildman–Crippen MR) is 113 cm³/mol. The van der Waals surface area contributed by atoms with Crippen LogP contribution in [0.2, 0.25) is 0 Å². The third-order valence-electron chi connectivity index (χ3n) is 5.59. The van der Waals surface area contributed by atoms with Gasteiger partial charge in [0.15, 0.2) is 0 Å². The second-order valence-electron chi connectivity index (χ2n) is 7.80. The van der Waals surface area contributed by atoms with Crippen molar-refractivity contribution in [2.24, 2.45) is 0 Å². The van der Waals surface area contributed by atoms with E-state index >= 15 is 0 Å². The monoisotopic (exact) mass is 419 g/mol. The molecule has 0 unspecified atom stereocenters. The van der Waals surface area contributed by atoms with Gasteiger partial charge in [0.05, 0.1) is 6.54 Å². The molecular weight excluding hydrogens is 386 g/mol. The van der Waals surface area contributed by atoms with Crippen molar-refractivity contribution in [3.63, 3.8) is 0 Å². The van der Waals surface area contributed by atoms with Crippen molar-refractivity contribution in [3.8, 4) is 0 Å². The molecule has 30 heavy (non-hydrogen) atoms. The summed E-state index contributed by atoms with van der Waals surface area (Å²) in [5.74, 6) is -3.48. The van der Waals surface area contributed by atoms with Gasteiger partial charge in [0.25, 0.3) is 0 Å². The molecule has 2 aliphatic rings. The molecule has 166 valence electrons. The smallest absolute Gasteiger partial charge is 0.414 e. The molecule has 1 aromatic carbocycles. The minimum Gasteiger partial charge on any atom is -0.473 e. The van der Waals surface area contributed by atoms with Gasteiger partial charge in [0, 0.05) is 25.7 Å². The first-order valence-electron chi connectivity index (χ1n) is 10.7. The number of hydrogen-bond donors (Lipinski definition) is 3. The Balaban J connectivity index is 0.000000469. The summed E-state index contributed by atoms with van der Waals surface area (Å²) in [5.41, 5.74) is 1.28. The summed E-state index contributed by atoms with van der Waals surface area (Å²) in [6.45, 7) is 5.98. The van der Waals surface area contributed by atoms with Gasteiger partial charge >= 0.3 is 11.9 Å². The van der Waals surface area contributed by atoms with Crippen LogP contribution in [0, 0.1) is 0 Å². The number of rotatable bonds is 6. The standard InChI is InChI=1S/C20H31N3O.C2H2O4/c24-20(21-12-9-18-7-3-1-4-8-18)17-22-15-10-19(11-16-22)23-13-5-2-6-14-23;3-1(4)2(5)6/h1,3-4,7-8,19H,2,5-6,9-17H2,(H,21,24);(H,3,4)(H,5,6). The van der Waals surface area contributed by atoms with Crippen LogP contribution in [0.3, 0.4) is 0 Å². The number of carboxylic acids is 2. The Labute approximate surface area is 177 Å². The summed E-state index contributed by atoms with van der Waals surface area (Å²) in [7, 11) is 0. The van der Waals surface area contributed by atoms with Crippen LogP contribution >= 0.6 is 0 Å². The van der Waals surface area contributed by atoms with Crippen LogP contribution in [0.25, 0.3) is 0 Å². The zero-order valence-electron chi connectivity index (χ0n) is 17.5. The Morgan fingerprint density at radius 3 is 2.07 bits per heavy atom. The zero-order valence-corrected chi connectivity index (χ0v) is 17.5. The second-order valence-corrected chi connectivity index (χ2v) is 7.80. The van der Waals surface area contributed by atoms with Crippen molar-refractivity contribution >= 4 is 17.8 Å². The number of likely N-dealkylation sites (tertiary alicyclic amines) is 2. The lowest BCUT2D eigenvalue weighted by Crippen LogP contribution is -2.48. The van der Waals surface area contributed by atoms with E-state index in [1.165, 1.54) is 50.8 Å². The quantitative estimate of drug-likeness (QED) is 0.599. The van der Waals surface area contributed by atoms with Crippen molar-refractivity contribution in [2.75, 3.05) is 39.3 Å². The molecule has 0 bridgehead atoms. The molecule has 0 aromatic heterocycles. The van der Waals surface area contributed by atoms with Gasteiger partial charge < -0.3 is 20.4 Å². The van der Waals surface area contributed by atoms with E-state index in [0.717, 1.165) is 32.1 Å². The molecular formula is C22H33N3O5. The topological polar surface area (TPSA) is 110 Å². The number of benzene rings is 1. The first-order chi connectivity index (χ1) is 14.5. The molecule has 8 nitrogen and oxygen atoms in total. The number of aliphatic carboxylic acids is 2. The fraction of sp³-hybridized carbons (Fsp3) is 0.591. The lowest BCUT2D eigenvalue weighted by atomic mass is 10.00. The highest BCUT2D eigenvalue weighted by Gasteiger charge is 2.26. The summed E-state index contributed by atoms with van der Waals surface area (Å²) < 4.78 is 0. The molecule has 2 fully saturated rings. The molecule has 2 aliphatic heterocycles. The zero-order chi connectivity index (χ0) is 21.8. The van der Waals surface area contributed by atoms with Crippen LogP contribution in [0.4, 0.5) is 0 Å². The molecule has 0 spiro atoms. The highest BCUT2D eigenvalue weighted by molar-refractivity contribution is 6.27. The largest absolute Gasteiger partial charge is 0.473 e. The maximum Gasteiger partial charge on any atom is 0.414 e. The number of nitrogens with zero attached hydrogens (tertiary/aromatic N) is 2. The lowest BCUT2D eigenvalue weighted by molar-refractivity contribution is -0.159. The van der Waals surface area contributed by atoms with Gasteiger partial charge in [0.2, 0.25) is 5.91 Å². The Morgan fingerprint density at radius 2 is 1.50 bits per heavy atom. The molecule has 2 heterocycles. The molecule has 1 amide bonds. The van der Waals surface area contributed by atoms with Crippen molar-refractivity contribution in [3.05, 3.63) is 35.9 Å². The number of amides is 1. The average Bonchev–Trinajstić information content (AvgIpc) is 2.76. The van der Waals surface area contributed by atoms with Crippen LogP contribution in [-0.4, -0.2) is 83.2 Å². The van der Waals surface area contributed by atoms with E-state index in [1.807, 2.05) is 18.2 Å². The van der Waals surface area contributed by atoms with E-state index in [1.54, 1.807) is 0 Å². The van der Waals surface area contributed by atoms with Gasteiger partial charge in [-0.25, -0.2) is 9.59 Å². The highest BCUT2D eigenvalue weighted by Crippen LogP contribution is 2.20. The fourth-order valence-corrected chi connectivity index (χ4v) is 3.98. The van der Waals surface area contributed by atoms with Gasteiger partial charge in [-0.1, -0.05) is 36.8 Å². The minimum atomic E-state index is -1.82. The summed E-state index contributed by atoms with van der Waals surface area (Å²) in [6, 6.07) is 11.1. The van der Waals surface area contributed by atoms with Gasteiger partial charge in [-0.3, -0.25) is 9.69 Å². The molecule has 3 rings (SSSR count). The van der Waals surface area contributed by atoms with Crippen LogP contribution < -0.4 is 5.32 Å². The van der Waals surface area contributed by atoms with Crippen molar-refractivity contribution in [2.45, 2.75) is 44.6 Å². The molecule has 2 saturated heterocycles. The maximum atomic E-state index is 12.1. The molecule has 0 radical (unpaired) electrons. The number of carbonyl (C=O) groups is 3. The fourth-order valence-electron chi connectivity index (χ4n) is 3.98. The average molecular weight is 420 g/mol. The van der Waals surface area contributed by atoms with E-state index < -0.39 is 11.9 Å². The number of piperidine rings is 2. The van der Waals surface area contributed by atoms with Crippen LogP contribution in [-0.2, 0) is 20.8 Å². The molecule has 8 heteroatoms. The Bertz CT molecular complexity index is 657. The first-order valence-corrected chi connectivity index (χ1v) is 10.7. The van der Waals surface area contributed by atoms with E-state index in [-0.39, 0.29) is 5.91 Å². The third kappa shape index (κ3) is 8.92. The summed E-state index contributed by atoms with van der Waals surface area (Å²) in [5, 5.41) is 17.8. The molecule has 0 aliphatic carbocycles. The predicted octanol–water partition coefficient (Wildman–Crippen LogP) is 1.45.